The van der Waals surface area contributed by atoms with Gasteiger partial charge in [-0.3, -0.25) is 4.79 Å². The van der Waals surface area contributed by atoms with E-state index in [1.165, 1.54) is 0 Å². The molecule has 1 aromatic carbocycles. The highest BCUT2D eigenvalue weighted by Crippen LogP contribution is 2.17. The predicted octanol–water partition coefficient (Wildman–Crippen LogP) is 1.88. The van der Waals surface area contributed by atoms with Crippen LogP contribution in [0.15, 0.2) is 30.3 Å². The topological polar surface area (TPSA) is 88.6 Å². The summed E-state index contributed by atoms with van der Waals surface area (Å²) < 4.78 is 10.8. The van der Waals surface area contributed by atoms with Crippen molar-refractivity contribution in [1.29, 1.82) is 0 Å². The molecule has 3 rings (SSSR count). The highest BCUT2D eigenvalue weighted by atomic mass is 35.5. The maximum absolute atomic E-state index is 11.9. The number of hydrogen-bond donors (Lipinski definition) is 2. The van der Waals surface area contributed by atoms with E-state index in [1.54, 1.807) is 24.3 Å². The van der Waals surface area contributed by atoms with Crippen molar-refractivity contribution in [1.82, 2.24) is 15.3 Å². The van der Waals surface area contributed by atoms with Crippen LogP contribution in [0.3, 0.4) is 0 Å². The molecule has 1 aliphatic heterocycles. The van der Waals surface area contributed by atoms with E-state index < -0.39 is 0 Å². The minimum atomic E-state index is -0.190. The number of aromatic nitrogens is 2. The highest BCUT2D eigenvalue weighted by molar-refractivity contribution is 6.30. The number of aryl methyl sites for hydroxylation is 1. The van der Waals surface area contributed by atoms with Gasteiger partial charge in [-0.1, -0.05) is 11.6 Å². The van der Waals surface area contributed by atoms with E-state index in [1.807, 2.05) is 13.0 Å². The number of rotatable bonds is 8. The zero-order valence-electron chi connectivity index (χ0n) is 15.8. The smallest absolute Gasteiger partial charge is 0.258 e. The first-order valence-corrected chi connectivity index (χ1v) is 9.55. The van der Waals surface area contributed by atoms with Gasteiger partial charge in [0.2, 0.25) is 0 Å². The minimum absolute atomic E-state index is 0.0462. The molecule has 1 fully saturated rings. The average molecular weight is 406 g/mol. The lowest BCUT2D eigenvalue weighted by Gasteiger charge is -2.28. The molecule has 0 unspecified atom stereocenters. The number of hydrogen-bond acceptors (Lipinski definition) is 7. The predicted molar refractivity (Wildman–Crippen MR) is 108 cm³/mol. The zero-order chi connectivity index (χ0) is 19.8. The largest absolute Gasteiger partial charge is 0.484 e. The Kier molecular flexibility index (Phi) is 7.27. The van der Waals surface area contributed by atoms with Gasteiger partial charge in [-0.05, 0) is 31.2 Å². The number of nitrogens with one attached hydrogen (secondary N) is 2. The Labute approximate surface area is 169 Å². The molecular formula is C19H24ClN5O3. The first-order valence-electron chi connectivity index (χ1n) is 9.17. The second-order valence-electron chi connectivity index (χ2n) is 6.28. The Morgan fingerprint density at radius 2 is 1.96 bits per heavy atom. The lowest BCUT2D eigenvalue weighted by Crippen LogP contribution is -2.37. The molecule has 1 amide bonds. The van der Waals surface area contributed by atoms with Gasteiger partial charge >= 0.3 is 0 Å². The number of ether oxygens (including phenoxy) is 2. The fraction of sp³-hybridized carbons (Fsp3) is 0.421. The summed E-state index contributed by atoms with van der Waals surface area (Å²) in [5.74, 6) is 2.74. The fourth-order valence-electron chi connectivity index (χ4n) is 2.72. The summed E-state index contributed by atoms with van der Waals surface area (Å²) in [6.45, 7) is 5.87. The second kappa shape index (κ2) is 10.1. The van der Waals surface area contributed by atoms with E-state index in [4.69, 9.17) is 21.1 Å². The van der Waals surface area contributed by atoms with Crippen LogP contribution in [-0.4, -0.2) is 61.9 Å². The number of anilines is 2. The zero-order valence-corrected chi connectivity index (χ0v) is 16.5. The number of benzene rings is 1. The van der Waals surface area contributed by atoms with Crippen molar-refractivity contribution in [2.24, 2.45) is 0 Å². The van der Waals surface area contributed by atoms with Crippen molar-refractivity contribution in [3.63, 3.8) is 0 Å². The molecule has 0 bridgehead atoms. The quantitative estimate of drug-likeness (QED) is 0.648. The number of amides is 1. The van der Waals surface area contributed by atoms with E-state index in [2.05, 4.69) is 25.5 Å². The van der Waals surface area contributed by atoms with Gasteiger partial charge in [0.25, 0.3) is 5.91 Å². The molecule has 9 heteroatoms. The van der Waals surface area contributed by atoms with Crippen LogP contribution >= 0.6 is 11.6 Å². The van der Waals surface area contributed by atoms with Crippen LogP contribution in [0, 0.1) is 6.92 Å². The number of nitrogens with zero attached hydrogens (tertiary/aromatic N) is 3. The van der Waals surface area contributed by atoms with Crippen LogP contribution in [0.4, 0.5) is 11.6 Å². The highest BCUT2D eigenvalue weighted by Gasteiger charge is 2.14. The third kappa shape index (κ3) is 6.24. The van der Waals surface area contributed by atoms with Crippen LogP contribution < -0.4 is 20.3 Å². The van der Waals surface area contributed by atoms with Gasteiger partial charge in [-0.2, -0.15) is 0 Å². The molecule has 2 heterocycles. The van der Waals surface area contributed by atoms with E-state index in [0.29, 0.717) is 42.9 Å². The second-order valence-corrected chi connectivity index (χ2v) is 6.71. The molecule has 1 aliphatic rings. The van der Waals surface area contributed by atoms with E-state index in [9.17, 15) is 4.79 Å². The molecule has 150 valence electrons. The third-order valence-electron chi connectivity index (χ3n) is 4.10. The Bertz CT molecular complexity index is 782. The number of carbonyl (C=O) groups excluding carboxylic acids is 1. The van der Waals surface area contributed by atoms with Gasteiger partial charge in [-0.25, -0.2) is 9.97 Å². The average Bonchev–Trinajstić information content (AvgIpc) is 2.71. The molecule has 0 aliphatic carbocycles. The molecule has 28 heavy (non-hydrogen) atoms. The first-order chi connectivity index (χ1) is 13.6. The molecule has 1 aromatic heterocycles. The first kappa shape index (κ1) is 20.2. The molecule has 8 nitrogen and oxygen atoms in total. The fourth-order valence-corrected chi connectivity index (χ4v) is 2.85. The molecule has 1 saturated heterocycles. The Morgan fingerprint density at radius 3 is 2.71 bits per heavy atom. The lowest BCUT2D eigenvalue weighted by molar-refractivity contribution is -0.123. The monoisotopic (exact) mass is 405 g/mol. The van der Waals surface area contributed by atoms with Crippen LogP contribution in [0.25, 0.3) is 0 Å². The van der Waals surface area contributed by atoms with Crippen LogP contribution in [0.1, 0.15) is 5.82 Å². The molecule has 2 N–H and O–H groups in total. The lowest BCUT2D eigenvalue weighted by atomic mass is 10.3. The SMILES string of the molecule is Cc1nc(NCCNC(=O)COc2ccc(Cl)cc2)cc(N2CCOCC2)n1. The van der Waals surface area contributed by atoms with Gasteiger partial charge < -0.3 is 25.0 Å². The van der Waals surface area contributed by atoms with E-state index >= 15 is 0 Å². The van der Waals surface area contributed by atoms with Crippen molar-refractivity contribution in [2.45, 2.75) is 6.92 Å². The molecular weight excluding hydrogens is 382 g/mol. The van der Waals surface area contributed by atoms with E-state index in [-0.39, 0.29) is 12.5 Å². The standard InChI is InChI=1S/C19H24ClN5O3/c1-14-23-17(12-18(24-14)25-8-10-27-11-9-25)21-6-7-22-19(26)13-28-16-4-2-15(20)3-5-16/h2-5,12H,6-11,13H2,1H3,(H,22,26)(H,21,23,24). The van der Waals surface area contributed by atoms with E-state index in [0.717, 1.165) is 24.7 Å². The van der Waals surface area contributed by atoms with Gasteiger partial charge in [0.15, 0.2) is 6.61 Å². The summed E-state index contributed by atoms with van der Waals surface area (Å²) in [5, 5.41) is 6.65. The van der Waals surface area contributed by atoms with Crippen LogP contribution in [-0.2, 0) is 9.53 Å². The number of carbonyl (C=O) groups is 1. The van der Waals surface area contributed by atoms with Crippen molar-refractivity contribution in [3.8, 4) is 5.75 Å². The van der Waals surface area contributed by atoms with Crippen molar-refractivity contribution >= 4 is 29.1 Å². The maximum atomic E-state index is 11.9. The Morgan fingerprint density at radius 1 is 1.21 bits per heavy atom. The normalized spacial score (nSPS) is 13.9. The van der Waals surface area contributed by atoms with Gasteiger partial charge in [0.1, 0.15) is 23.2 Å². The number of morpholine rings is 1. The third-order valence-corrected chi connectivity index (χ3v) is 4.35. The molecule has 0 saturated carbocycles. The summed E-state index contributed by atoms with van der Waals surface area (Å²) in [6, 6.07) is 8.80. The maximum Gasteiger partial charge on any atom is 0.258 e. The molecule has 0 atom stereocenters. The minimum Gasteiger partial charge on any atom is -0.484 e. The van der Waals surface area contributed by atoms with Gasteiger partial charge in [-0.15, -0.1) is 0 Å². The Hall–Kier alpha value is -2.58. The summed E-state index contributed by atoms with van der Waals surface area (Å²) in [4.78, 5) is 23.0. The van der Waals surface area contributed by atoms with Gasteiger partial charge in [0, 0.05) is 37.3 Å². The van der Waals surface area contributed by atoms with Crippen LogP contribution in [0.5, 0.6) is 5.75 Å². The molecule has 0 radical (unpaired) electrons. The van der Waals surface area contributed by atoms with Crippen LogP contribution in [0.2, 0.25) is 5.02 Å². The summed E-state index contributed by atoms with van der Waals surface area (Å²) in [6.07, 6.45) is 0. The summed E-state index contributed by atoms with van der Waals surface area (Å²) >= 11 is 5.81. The van der Waals surface area contributed by atoms with Crippen molar-refractivity contribution in [3.05, 3.63) is 41.2 Å². The molecule has 0 spiro atoms. The number of halogens is 1. The van der Waals surface area contributed by atoms with Crippen molar-refractivity contribution < 1.29 is 14.3 Å². The summed E-state index contributed by atoms with van der Waals surface area (Å²) in [7, 11) is 0. The Balaban J connectivity index is 1.40. The summed E-state index contributed by atoms with van der Waals surface area (Å²) in [5.41, 5.74) is 0. The van der Waals surface area contributed by atoms with Crippen molar-refractivity contribution in [2.75, 3.05) is 56.2 Å². The van der Waals surface area contributed by atoms with Gasteiger partial charge in [0.05, 0.1) is 13.2 Å². The molecule has 2 aromatic rings.